The number of benzene rings is 1. The number of carbonyl (C=O) groups excluding carboxylic acids is 1. The van der Waals surface area contributed by atoms with Gasteiger partial charge in [-0.1, -0.05) is 24.3 Å². The molecule has 1 heterocycles. The zero-order chi connectivity index (χ0) is 17.6. The summed E-state index contributed by atoms with van der Waals surface area (Å²) in [5.74, 6) is 3.31. The average Bonchev–Trinajstić information content (AvgIpc) is 2.53. The molecule has 0 radical (unpaired) electrons. The maximum absolute atomic E-state index is 11.7. The fourth-order valence-corrected chi connectivity index (χ4v) is 2.77. The quantitative estimate of drug-likeness (QED) is 0.859. The van der Waals surface area contributed by atoms with Crippen LogP contribution in [0.25, 0.3) is 0 Å². The van der Waals surface area contributed by atoms with Crippen LogP contribution in [0, 0.1) is 18.3 Å². The van der Waals surface area contributed by atoms with Crippen molar-refractivity contribution in [3.8, 4) is 12.3 Å². The third kappa shape index (κ3) is 6.25. The number of likely N-dealkylation sites (tertiary alicyclic amines) is 1. The predicted molar refractivity (Wildman–Crippen MR) is 96.3 cm³/mol. The second-order valence-electron chi connectivity index (χ2n) is 7.39. The van der Waals surface area contributed by atoms with Crippen LogP contribution in [0.3, 0.4) is 0 Å². The van der Waals surface area contributed by atoms with Gasteiger partial charge in [0, 0.05) is 19.0 Å². The third-order valence-electron chi connectivity index (χ3n) is 4.09. The first kappa shape index (κ1) is 18.4. The summed E-state index contributed by atoms with van der Waals surface area (Å²) in [5, 5.41) is 2.78. The van der Waals surface area contributed by atoms with E-state index in [-0.39, 0.29) is 6.09 Å². The van der Waals surface area contributed by atoms with Gasteiger partial charge in [-0.2, -0.15) is 0 Å². The molecule has 4 nitrogen and oxygen atoms in total. The lowest BCUT2D eigenvalue weighted by molar-refractivity contribution is 0.0523. The molecule has 1 amide bonds. The number of hydrogen-bond acceptors (Lipinski definition) is 3. The Bertz CT molecular complexity index is 573. The van der Waals surface area contributed by atoms with Gasteiger partial charge in [0.2, 0.25) is 0 Å². The van der Waals surface area contributed by atoms with E-state index in [4.69, 9.17) is 11.2 Å². The fraction of sp³-hybridized carbons (Fsp3) is 0.550. The summed E-state index contributed by atoms with van der Waals surface area (Å²) in [6.45, 7) is 9.13. The highest BCUT2D eigenvalue weighted by molar-refractivity contribution is 5.67. The molecule has 2 rings (SSSR count). The number of amides is 1. The van der Waals surface area contributed by atoms with Gasteiger partial charge in [-0.25, -0.2) is 4.79 Å². The van der Waals surface area contributed by atoms with Crippen LogP contribution in [0.5, 0.6) is 0 Å². The number of hydrogen-bond donors (Lipinski definition) is 1. The molecule has 0 bridgehead atoms. The molecule has 4 heteroatoms. The number of terminal acetylenes is 1. The minimum atomic E-state index is -0.471. The summed E-state index contributed by atoms with van der Waals surface area (Å²) in [5.41, 5.74) is 1.88. The van der Waals surface area contributed by atoms with Crippen molar-refractivity contribution < 1.29 is 9.53 Å². The van der Waals surface area contributed by atoms with Crippen LogP contribution >= 0.6 is 0 Å². The zero-order valence-electron chi connectivity index (χ0n) is 15.0. The van der Waals surface area contributed by atoms with Gasteiger partial charge >= 0.3 is 6.09 Å². The number of alkyl carbamates (subject to hydrolysis) is 1. The van der Waals surface area contributed by atoms with Crippen molar-refractivity contribution in [2.24, 2.45) is 5.92 Å². The molecule has 1 saturated heterocycles. The Kier molecular flexibility index (Phi) is 6.28. The van der Waals surface area contributed by atoms with Gasteiger partial charge in [0.05, 0.1) is 0 Å². The summed E-state index contributed by atoms with van der Waals surface area (Å²) < 4.78 is 5.23. The third-order valence-corrected chi connectivity index (χ3v) is 4.09. The SMILES string of the molecule is C#CC1CCN(Cc2ccc(CNC(=O)OC(C)(C)C)cc2)CC1. The highest BCUT2D eigenvalue weighted by Gasteiger charge is 2.17. The van der Waals surface area contributed by atoms with Gasteiger partial charge in [-0.3, -0.25) is 4.90 Å². The van der Waals surface area contributed by atoms with Crippen LogP contribution in [-0.4, -0.2) is 29.7 Å². The highest BCUT2D eigenvalue weighted by atomic mass is 16.6. The summed E-state index contributed by atoms with van der Waals surface area (Å²) in [4.78, 5) is 14.1. The maximum atomic E-state index is 11.7. The van der Waals surface area contributed by atoms with E-state index in [0.717, 1.165) is 38.0 Å². The Morgan fingerprint density at radius 3 is 2.38 bits per heavy atom. The van der Waals surface area contributed by atoms with E-state index in [1.54, 1.807) is 0 Å². The van der Waals surface area contributed by atoms with E-state index in [1.165, 1.54) is 5.56 Å². The van der Waals surface area contributed by atoms with Crippen LogP contribution in [0.1, 0.15) is 44.7 Å². The van der Waals surface area contributed by atoms with Crippen molar-refractivity contribution in [1.82, 2.24) is 10.2 Å². The Balaban J connectivity index is 1.77. The second-order valence-corrected chi connectivity index (χ2v) is 7.39. The molecule has 0 spiro atoms. The van der Waals surface area contributed by atoms with Crippen LogP contribution in [0.2, 0.25) is 0 Å². The summed E-state index contributed by atoms with van der Waals surface area (Å²) in [6, 6.07) is 8.36. The smallest absolute Gasteiger partial charge is 0.407 e. The second kappa shape index (κ2) is 8.21. The minimum absolute atomic E-state index is 0.386. The molecule has 0 saturated carbocycles. The van der Waals surface area contributed by atoms with Crippen molar-refractivity contribution in [3.63, 3.8) is 0 Å². The topological polar surface area (TPSA) is 41.6 Å². The molecule has 130 valence electrons. The molecule has 1 aliphatic heterocycles. The molecule has 1 N–H and O–H groups in total. The highest BCUT2D eigenvalue weighted by Crippen LogP contribution is 2.18. The first-order chi connectivity index (χ1) is 11.4. The van der Waals surface area contributed by atoms with Crippen molar-refractivity contribution >= 4 is 6.09 Å². The van der Waals surface area contributed by atoms with Gasteiger partial charge < -0.3 is 10.1 Å². The maximum Gasteiger partial charge on any atom is 0.407 e. The molecule has 1 aromatic carbocycles. The number of nitrogens with one attached hydrogen (secondary N) is 1. The first-order valence-corrected chi connectivity index (χ1v) is 8.59. The van der Waals surface area contributed by atoms with E-state index < -0.39 is 5.60 Å². The van der Waals surface area contributed by atoms with Gasteiger partial charge in [-0.15, -0.1) is 12.3 Å². The van der Waals surface area contributed by atoms with Crippen LogP contribution < -0.4 is 5.32 Å². The van der Waals surface area contributed by atoms with Gasteiger partial charge in [-0.05, 0) is 57.8 Å². The van der Waals surface area contributed by atoms with Crippen LogP contribution in [0.15, 0.2) is 24.3 Å². The Morgan fingerprint density at radius 2 is 1.83 bits per heavy atom. The molecule has 1 fully saturated rings. The van der Waals surface area contributed by atoms with E-state index in [9.17, 15) is 4.79 Å². The normalized spacial score (nSPS) is 16.4. The van der Waals surface area contributed by atoms with Crippen molar-refractivity contribution in [2.75, 3.05) is 13.1 Å². The summed E-state index contributed by atoms with van der Waals surface area (Å²) in [6.07, 6.45) is 7.29. The standard InChI is InChI=1S/C20H28N2O2/c1-5-16-10-12-22(13-11-16)15-18-8-6-17(7-9-18)14-21-19(23)24-20(2,3)4/h1,6-9,16H,10-15H2,2-4H3,(H,21,23). The van der Waals surface area contributed by atoms with E-state index in [1.807, 2.05) is 20.8 Å². The lowest BCUT2D eigenvalue weighted by Crippen LogP contribution is -2.32. The first-order valence-electron chi connectivity index (χ1n) is 8.59. The molecule has 24 heavy (non-hydrogen) atoms. The average molecular weight is 328 g/mol. The van der Waals surface area contributed by atoms with Gasteiger partial charge in [0.25, 0.3) is 0 Å². The Morgan fingerprint density at radius 1 is 1.25 bits per heavy atom. The molecule has 1 aromatic rings. The number of nitrogens with zero attached hydrogens (tertiary/aromatic N) is 1. The Labute approximate surface area is 145 Å². The van der Waals surface area contributed by atoms with Crippen molar-refractivity contribution in [3.05, 3.63) is 35.4 Å². The van der Waals surface area contributed by atoms with E-state index in [0.29, 0.717) is 12.5 Å². The lowest BCUT2D eigenvalue weighted by atomic mass is 9.97. The number of carbonyl (C=O) groups is 1. The molecular weight excluding hydrogens is 300 g/mol. The van der Waals surface area contributed by atoms with Crippen molar-refractivity contribution in [2.45, 2.75) is 52.3 Å². The molecule has 0 atom stereocenters. The Hall–Kier alpha value is -1.99. The van der Waals surface area contributed by atoms with Crippen LogP contribution in [-0.2, 0) is 17.8 Å². The van der Waals surface area contributed by atoms with Gasteiger partial charge in [0.15, 0.2) is 0 Å². The van der Waals surface area contributed by atoms with E-state index in [2.05, 4.69) is 40.4 Å². The number of piperidine rings is 1. The van der Waals surface area contributed by atoms with Crippen molar-refractivity contribution in [1.29, 1.82) is 0 Å². The molecule has 1 aliphatic rings. The summed E-state index contributed by atoms with van der Waals surface area (Å²) >= 11 is 0. The predicted octanol–water partition coefficient (Wildman–Crippen LogP) is 3.56. The molecule has 0 aromatic heterocycles. The fourth-order valence-electron chi connectivity index (χ4n) is 2.77. The van der Waals surface area contributed by atoms with Crippen LogP contribution in [0.4, 0.5) is 4.79 Å². The zero-order valence-corrected chi connectivity index (χ0v) is 15.0. The van der Waals surface area contributed by atoms with Gasteiger partial charge in [0.1, 0.15) is 5.60 Å². The minimum Gasteiger partial charge on any atom is -0.444 e. The largest absolute Gasteiger partial charge is 0.444 e. The molecule has 0 unspecified atom stereocenters. The monoisotopic (exact) mass is 328 g/mol. The van der Waals surface area contributed by atoms with E-state index >= 15 is 0 Å². The molecule has 0 aliphatic carbocycles. The molecular formula is C20H28N2O2. The lowest BCUT2D eigenvalue weighted by Gasteiger charge is -2.29. The number of rotatable bonds is 4. The summed E-state index contributed by atoms with van der Waals surface area (Å²) in [7, 11) is 0. The number of ether oxygens (including phenoxy) is 1.